The van der Waals surface area contributed by atoms with Crippen molar-refractivity contribution in [1.82, 2.24) is 4.90 Å². The second-order valence-corrected chi connectivity index (χ2v) is 12.2. The van der Waals surface area contributed by atoms with E-state index in [9.17, 15) is 18.0 Å². The van der Waals surface area contributed by atoms with Crippen LogP contribution >= 0.6 is 23.2 Å². The van der Waals surface area contributed by atoms with E-state index in [-0.39, 0.29) is 39.6 Å². The van der Waals surface area contributed by atoms with Crippen molar-refractivity contribution in [2.75, 3.05) is 18.5 Å². The van der Waals surface area contributed by atoms with E-state index in [0.29, 0.717) is 24.2 Å². The number of cyclic esters (lactones) is 1. The summed E-state index contributed by atoms with van der Waals surface area (Å²) in [4.78, 5) is 27.1. The third-order valence-electron chi connectivity index (χ3n) is 6.81. The molecular weight excluding hydrogens is 535 g/mol. The second kappa shape index (κ2) is 10.0. The number of benzene rings is 3. The van der Waals surface area contributed by atoms with Gasteiger partial charge in [-0.25, -0.2) is 13.2 Å². The van der Waals surface area contributed by atoms with Gasteiger partial charge in [-0.1, -0.05) is 47.5 Å². The molecule has 1 unspecified atom stereocenters. The number of anilines is 1. The Balaban J connectivity index is 1.54. The molecule has 1 aliphatic heterocycles. The minimum atomic E-state index is -3.82. The molecule has 2 atom stereocenters. The molecule has 0 saturated carbocycles. The predicted molar refractivity (Wildman–Crippen MR) is 142 cm³/mol. The Hall–Kier alpha value is -3.07. The van der Waals surface area contributed by atoms with Crippen molar-refractivity contribution in [3.63, 3.8) is 0 Å². The molecule has 1 N–H and O–H groups in total. The minimum absolute atomic E-state index is 0.139. The first-order valence-electron chi connectivity index (χ1n) is 11.8. The fourth-order valence-electron chi connectivity index (χ4n) is 5.00. The van der Waals surface area contributed by atoms with Crippen molar-refractivity contribution < 1.29 is 22.7 Å². The van der Waals surface area contributed by atoms with Crippen LogP contribution in [0.15, 0.2) is 65.6 Å². The fourth-order valence-corrected chi connectivity index (χ4v) is 7.55. The first kappa shape index (κ1) is 25.6. The normalized spacial score (nSPS) is 19.3. The van der Waals surface area contributed by atoms with Gasteiger partial charge in [-0.3, -0.25) is 4.79 Å². The summed E-state index contributed by atoms with van der Waals surface area (Å²) in [7, 11) is -3.82. The number of fused-ring (bicyclic) bond motifs is 1. The van der Waals surface area contributed by atoms with Gasteiger partial charge in [0.2, 0.25) is 0 Å². The Morgan fingerprint density at radius 1 is 1.05 bits per heavy atom. The maximum absolute atomic E-state index is 13.9. The Morgan fingerprint density at radius 2 is 1.78 bits per heavy atom. The molecule has 0 radical (unpaired) electrons. The molecule has 1 aliphatic carbocycles. The topological polar surface area (TPSA) is 92.8 Å². The van der Waals surface area contributed by atoms with Gasteiger partial charge in [0, 0.05) is 11.7 Å². The van der Waals surface area contributed by atoms with Gasteiger partial charge in [-0.05, 0) is 72.9 Å². The molecule has 10 heteroatoms. The number of nitrogens with one attached hydrogen (secondary N) is 1. The number of sulfone groups is 1. The van der Waals surface area contributed by atoms with Crippen molar-refractivity contribution >= 4 is 50.7 Å². The molecule has 1 saturated heterocycles. The van der Waals surface area contributed by atoms with Crippen LogP contribution in [0.2, 0.25) is 10.0 Å². The van der Waals surface area contributed by atoms with Crippen LogP contribution < -0.4 is 5.32 Å². The van der Waals surface area contributed by atoms with E-state index in [1.807, 2.05) is 13.0 Å². The minimum Gasteiger partial charge on any atom is -0.448 e. The van der Waals surface area contributed by atoms with Crippen LogP contribution in [0.25, 0.3) is 0 Å². The van der Waals surface area contributed by atoms with Gasteiger partial charge in [0.1, 0.15) is 6.61 Å². The van der Waals surface area contributed by atoms with Crippen LogP contribution in [-0.4, -0.2) is 44.5 Å². The smallest absolute Gasteiger partial charge is 0.410 e. The van der Waals surface area contributed by atoms with Crippen LogP contribution in [0.4, 0.5) is 10.5 Å². The number of rotatable bonds is 5. The van der Waals surface area contributed by atoms with Crippen LogP contribution in [0.5, 0.6) is 0 Å². The molecule has 1 heterocycles. The number of ether oxygens (including phenoxy) is 1. The number of carbonyl (C=O) groups is 2. The maximum atomic E-state index is 13.9. The average Bonchev–Trinajstić information content (AvgIpc) is 3.29. The molecule has 1 fully saturated rings. The first-order valence-corrected chi connectivity index (χ1v) is 14.1. The number of hydrogen-bond acceptors (Lipinski definition) is 5. The quantitative estimate of drug-likeness (QED) is 0.424. The monoisotopic (exact) mass is 558 g/mol. The van der Waals surface area contributed by atoms with E-state index < -0.39 is 27.1 Å². The van der Waals surface area contributed by atoms with Crippen LogP contribution in [-0.2, 0) is 21.0 Å². The zero-order valence-electron chi connectivity index (χ0n) is 19.9. The summed E-state index contributed by atoms with van der Waals surface area (Å²) in [6.07, 6.45) is 0.265. The molecular formula is C27H24Cl2N2O5S. The Morgan fingerprint density at radius 3 is 2.46 bits per heavy atom. The lowest BCUT2D eigenvalue weighted by Gasteiger charge is -2.35. The number of amides is 2. The van der Waals surface area contributed by atoms with E-state index in [1.165, 1.54) is 0 Å². The molecule has 0 aromatic heterocycles. The Labute approximate surface area is 225 Å². The van der Waals surface area contributed by atoms with Crippen molar-refractivity contribution in [3.8, 4) is 0 Å². The molecule has 0 spiro atoms. The van der Waals surface area contributed by atoms with Gasteiger partial charge in [-0.2, -0.15) is 0 Å². The number of nitrogens with zero attached hydrogens (tertiary/aromatic N) is 1. The van der Waals surface area contributed by atoms with Crippen LogP contribution in [0.3, 0.4) is 0 Å². The highest BCUT2D eigenvalue weighted by Gasteiger charge is 2.41. The van der Waals surface area contributed by atoms with Crippen molar-refractivity contribution in [3.05, 3.63) is 93.0 Å². The van der Waals surface area contributed by atoms with Gasteiger partial charge in [0.25, 0.3) is 5.91 Å². The number of hydrogen-bond donors (Lipinski definition) is 1. The Bertz CT molecular complexity index is 1490. The van der Waals surface area contributed by atoms with E-state index in [1.54, 1.807) is 59.5 Å². The molecule has 192 valence electrons. The highest BCUT2D eigenvalue weighted by Crippen LogP contribution is 2.42. The molecule has 0 bridgehead atoms. The molecule has 3 aromatic rings. The van der Waals surface area contributed by atoms with Crippen LogP contribution in [0, 0.1) is 6.92 Å². The van der Waals surface area contributed by atoms with Gasteiger partial charge < -0.3 is 15.0 Å². The molecule has 3 aromatic carbocycles. The predicted octanol–water partition coefficient (Wildman–Crippen LogP) is 5.84. The third kappa shape index (κ3) is 4.93. The van der Waals surface area contributed by atoms with E-state index in [2.05, 4.69) is 5.32 Å². The van der Waals surface area contributed by atoms with Gasteiger partial charge >= 0.3 is 6.09 Å². The highest BCUT2D eigenvalue weighted by atomic mass is 35.5. The summed E-state index contributed by atoms with van der Waals surface area (Å²) in [6, 6.07) is 16.4. The lowest BCUT2D eigenvalue weighted by Crippen LogP contribution is -2.42. The number of aryl methyl sites for hydroxylation is 1. The van der Waals surface area contributed by atoms with Gasteiger partial charge in [-0.15, -0.1) is 0 Å². The van der Waals surface area contributed by atoms with Gasteiger partial charge in [0.15, 0.2) is 9.84 Å². The van der Waals surface area contributed by atoms with Crippen molar-refractivity contribution in [2.45, 2.75) is 36.0 Å². The maximum Gasteiger partial charge on any atom is 0.410 e. The average molecular weight is 559 g/mol. The fraction of sp³-hybridized carbons (Fsp3) is 0.259. The van der Waals surface area contributed by atoms with E-state index in [4.69, 9.17) is 27.9 Å². The molecule has 2 aliphatic rings. The third-order valence-corrected chi connectivity index (χ3v) is 9.54. The molecule has 2 amide bonds. The van der Waals surface area contributed by atoms with Crippen LogP contribution in [0.1, 0.15) is 38.7 Å². The first-order chi connectivity index (χ1) is 17.6. The molecule has 7 nitrogen and oxygen atoms in total. The number of halogens is 2. The SMILES string of the molecule is Cc1cccc(S(=O)(=O)C2C[C@H](N3CCOC3=O)Cc3ccc(NC(=O)c4c(Cl)cccc4Cl)cc32)c1. The van der Waals surface area contributed by atoms with Crippen molar-refractivity contribution in [1.29, 1.82) is 0 Å². The van der Waals surface area contributed by atoms with E-state index >= 15 is 0 Å². The molecule has 37 heavy (non-hydrogen) atoms. The highest BCUT2D eigenvalue weighted by molar-refractivity contribution is 7.91. The number of carbonyl (C=O) groups excluding carboxylic acids is 2. The summed E-state index contributed by atoms with van der Waals surface area (Å²) in [5.41, 5.74) is 2.78. The summed E-state index contributed by atoms with van der Waals surface area (Å²) >= 11 is 12.4. The zero-order chi connectivity index (χ0) is 26.3. The lowest BCUT2D eigenvalue weighted by atomic mass is 9.86. The summed E-state index contributed by atoms with van der Waals surface area (Å²) in [5.74, 6) is -0.498. The molecule has 5 rings (SSSR count). The van der Waals surface area contributed by atoms with Crippen molar-refractivity contribution in [2.24, 2.45) is 0 Å². The summed E-state index contributed by atoms with van der Waals surface area (Å²) in [5, 5.41) is 2.30. The van der Waals surface area contributed by atoms with E-state index in [0.717, 1.165) is 11.1 Å². The standard InChI is InChI=1S/C27H24Cl2N2O5S/c1-16-4-2-5-20(12-16)37(34,35)24-15-19(31-10-11-36-27(31)33)13-17-8-9-18(14-21(17)24)30-26(32)25-22(28)6-3-7-23(25)29/h2-9,12,14,19,24H,10-11,13,15H2,1H3,(H,30,32)/t19-,24?/m1/s1. The lowest BCUT2D eigenvalue weighted by molar-refractivity contribution is 0.102. The zero-order valence-corrected chi connectivity index (χ0v) is 22.2. The largest absolute Gasteiger partial charge is 0.448 e. The Kier molecular flexibility index (Phi) is 6.91. The van der Waals surface area contributed by atoms with Gasteiger partial charge in [0.05, 0.1) is 32.3 Å². The summed E-state index contributed by atoms with van der Waals surface area (Å²) < 4.78 is 33.0. The summed E-state index contributed by atoms with van der Waals surface area (Å²) in [6.45, 7) is 2.54. The second-order valence-electron chi connectivity index (χ2n) is 9.22.